The Morgan fingerprint density at radius 3 is 2.89 bits per heavy atom. The molecule has 1 amide bonds. The van der Waals surface area contributed by atoms with Crippen molar-refractivity contribution >= 4 is 34.8 Å². The quantitative estimate of drug-likeness (QED) is 0.939. The van der Waals surface area contributed by atoms with E-state index in [9.17, 15) is 4.79 Å². The molecule has 2 aromatic rings. The number of rotatable bonds is 3. The zero-order chi connectivity index (χ0) is 13.1. The largest absolute Gasteiger partial charge is 0.319 e. The molecule has 0 atom stereocenters. The molecule has 2 aromatic heterocycles. The molecule has 0 aliphatic heterocycles. The highest BCUT2D eigenvalue weighted by Gasteiger charge is 2.14. The summed E-state index contributed by atoms with van der Waals surface area (Å²) < 4.78 is 1.69. The molecule has 94 valence electrons. The second-order valence-corrected chi connectivity index (χ2v) is 4.16. The zero-order valence-electron chi connectivity index (χ0n) is 9.39. The summed E-state index contributed by atoms with van der Waals surface area (Å²) in [6.07, 6.45) is 3.26. The van der Waals surface area contributed by atoms with Gasteiger partial charge in [0.05, 0.1) is 17.4 Å². The van der Waals surface area contributed by atoms with Gasteiger partial charge in [0.2, 0.25) is 0 Å². The maximum absolute atomic E-state index is 11.9. The normalized spacial score (nSPS) is 10.4. The maximum atomic E-state index is 11.9. The van der Waals surface area contributed by atoms with Gasteiger partial charge in [0.25, 0.3) is 5.91 Å². The number of anilines is 1. The average Bonchev–Trinajstić information content (AvgIpc) is 2.80. The van der Waals surface area contributed by atoms with E-state index in [0.717, 1.165) is 6.54 Å². The Balaban J connectivity index is 2.19. The van der Waals surface area contributed by atoms with Crippen molar-refractivity contribution < 1.29 is 4.79 Å². The number of carbonyl (C=O) groups excluding carboxylic acids is 1. The Morgan fingerprint density at radius 2 is 2.22 bits per heavy atom. The van der Waals surface area contributed by atoms with Gasteiger partial charge in [-0.3, -0.25) is 9.48 Å². The summed E-state index contributed by atoms with van der Waals surface area (Å²) in [6, 6.07) is 1.36. The predicted octanol–water partition coefficient (Wildman–Crippen LogP) is 2.25. The molecule has 0 aliphatic rings. The van der Waals surface area contributed by atoms with Crippen LogP contribution >= 0.6 is 23.2 Å². The third kappa shape index (κ3) is 2.77. The van der Waals surface area contributed by atoms with Crippen molar-refractivity contribution in [2.45, 2.75) is 13.5 Å². The van der Waals surface area contributed by atoms with Crippen LogP contribution in [0.1, 0.15) is 17.3 Å². The molecular weight excluding hydrogens is 277 g/mol. The van der Waals surface area contributed by atoms with Gasteiger partial charge in [0.15, 0.2) is 10.3 Å². The summed E-state index contributed by atoms with van der Waals surface area (Å²) in [6.45, 7) is 2.67. The van der Waals surface area contributed by atoms with Gasteiger partial charge in [-0.15, -0.1) is 10.2 Å². The van der Waals surface area contributed by atoms with Crippen molar-refractivity contribution in [2.75, 3.05) is 5.32 Å². The highest BCUT2D eigenvalue weighted by atomic mass is 35.5. The summed E-state index contributed by atoms with van der Waals surface area (Å²) in [4.78, 5) is 11.9. The molecule has 0 aromatic carbocycles. The first-order valence-corrected chi connectivity index (χ1v) is 5.88. The van der Waals surface area contributed by atoms with Crippen LogP contribution in [0.2, 0.25) is 10.3 Å². The van der Waals surface area contributed by atoms with Crippen molar-refractivity contribution in [1.29, 1.82) is 0 Å². The molecule has 0 aliphatic carbocycles. The van der Waals surface area contributed by atoms with E-state index in [1.807, 2.05) is 6.92 Å². The lowest BCUT2D eigenvalue weighted by Gasteiger charge is -2.03. The number of aryl methyl sites for hydroxylation is 1. The van der Waals surface area contributed by atoms with Crippen LogP contribution in [0.25, 0.3) is 0 Å². The highest BCUT2D eigenvalue weighted by molar-refractivity contribution is 6.34. The third-order valence-corrected chi connectivity index (χ3v) is 2.64. The lowest BCUT2D eigenvalue weighted by Crippen LogP contribution is -2.13. The first-order valence-electron chi connectivity index (χ1n) is 5.12. The molecule has 0 saturated heterocycles. The fourth-order valence-corrected chi connectivity index (χ4v) is 1.64. The standard InChI is InChI=1S/C10H9Cl2N5O/c1-2-17-5-6(4-13-17)14-10(18)7-3-8(11)15-16-9(7)12/h3-5H,2H2,1H3,(H,14,18). The fourth-order valence-electron chi connectivity index (χ4n) is 1.31. The van der Waals surface area contributed by atoms with E-state index in [1.165, 1.54) is 6.07 Å². The minimum Gasteiger partial charge on any atom is -0.319 e. The first-order chi connectivity index (χ1) is 8.60. The van der Waals surface area contributed by atoms with Gasteiger partial charge in [-0.1, -0.05) is 23.2 Å². The summed E-state index contributed by atoms with van der Waals surface area (Å²) in [7, 11) is 0. The van der Waals surface area contributed by atoms with Crippen molar-refractivity contribution in [3.63, 3.8) is 0 Å². The molecule has 0 bridgehead atoms. The predicted molar refractivity (Wildman–Crippen MR) is 67.9 cm³/mol. The van der Waals surface area contributed by atoms with Gasteiger partial charge in [-0.2, -0.15) is 5.10 Å². The topological polar surface area (TPSA) is 72.7 Å². The molecule has 2 heterocycles. The van der Waals surface area contributed by atoms with Crippen LogP contribution in [0.3, 0.4) is 0 Å². The second kappa shape index (κ2) is 5.32. The van der Waals surface area contributed by atoms with E-state index in [0.29, 0.717) is 5.69 Å². The number of nitrogens with zero attached hydrogens (tertiary/aromatic N) is 4. The Kier molecular flexibility index (Phi) is 3.78. The Labute approximate surface area is 113 Å². The number of amides is 1. The van der Waals surface area contributed by atoms with Crippen LogP contribution in [-0.4, -0.2) is 25.9 Å². The zero-order valence-corrected chi connectivity index (χ0v) is 10.9. The van der Waals surface area contributed by atoms with Gasteiger partial charge in [0.1, 0.15) is 0 Å². The molecule has 0 saturated carbocycles. The van der Waals surface area contributed by atoms with E-state index in [2.05, 4.69) is 20.6 Å². The molecule has 8 heteroatoms. The number of nitrogens with one attached hydrogen (secondary N) is 1. The lowest BCUT2D eigenvalue weighted by atomic mass is 10.3. The van der Waals surface area contributed by atoms with E-state index in [-0.39, 0.29) is 15.9 Å². The molecule has 0 spiro atoms. The van der Waals surface area contributed by atoms with Crippen LogP contribution in [0.4, 0.5) is 5.69 Å². The molecular formula is C10H9Cl2N5O. The van der Waals surface area contributed by atoms with E-state index in [1.54, 1.807) is 17.1 Å². The van der Waals surface area contributed by atoms with Crippen LogP contribution < -0.4 is 5.32 Å². The Morgan fingerprint density at radius 1 is 1.44 bits per heavy atom. The van der Waals surface area contributed by atoms with Gasteiger partial charge < -0.3 is 5.32 Å². The first kappa shape index (κ1) is 12.8. The van der Waals surface area contributed by atoms with Crippen molar-refractivity contribution in [2.24, 2.45) is 0 Å². The number of aromatic nitrogens is 4. The van der Waals surface area contributed by atoms with Gasteiger partial charge in [-0.25, -0.2) is 0 Å². The van der Waals surface area contributed by atoms with Crippen LogP contribution in [0.5, 0.6) is 0 Å². The fraction of sp³-hybridized carbons (Fsp3) is 0.200. The molecule has 0 radical (unpaired) electrons. The van der Waals surface area contributed by atoms with Gasteiger partial charge in [-0.05, 0) is 13.0 Å². The van der Waals surface area contributed by atoms with Crippen molar-refractivity contribution in [3.05, 3.63) is 34.3 Å². The third-order valence-electron chi connectivity index (χ3n) is 2.18. The monoisotopic (exact) mass is 285 g/mol. The van der Waals surface area contributed by atoms with Crippen LogP contribution in [0.15, 0.2) is 18.5 Å². The number of hydrogen-bond donors (Lipinski definition) is 1. The van der Waals surface area contributed by atoms with Gasteiger partial charge in [0, 0.05) is 12.7 Å². The number of carbonyl (C=O) groups is 1. The highest BCUT2D eigenvalue weighted by Crippen LogP contribution is 2.17. The number of halogens is 2. The Bertz CT molecular complexity index is 583. The summed E-state index contributed by atoms with van der Waals surface area (Å²) in [5.41, 5.74) is 0.742. The van der Waals surface area contributed by atoms with Crippen LogP contribution in [0, 0.1) is 0 Å². The SMILES string of the molecule is CCn1cc(NC(=O)c2cc(Cl)nnc2Cl)cn1. The molecule has 0 fully saturated rings. The van der Waals surface area contributed by atoms with Crippen LogP contribution in [-0.2, 0) is 6.54 Å². The minimum atomic E-state index is -0.410. The lowest BCUT2D eigenvalue weighted by molar-refractivity contribution is 0.102. The Hall–Kier alpha value is -1.66. The molecule has 0 unspecified atom stereocenters. The number of hydrogen-bond acceptors (Lipinski definition) is 4. The molecule has 6 nitrogen and oxygen atoms in total. The molecule has 1 N–H and O–H groups in total. The van der Waals surface area contributed by atoms with E-state index >= 15 is 0 Å². The van der Waals surface area contributed by atoms with E-state index < -0.39 is 5.91 Å². The maximum Gasteiger partial charge on any atom is 0.259 e. The molecule has 2 rings (SSSR count). The summed E-state index contributed by atoms with van der Waals surface area (Å²) >= 11 is 11.4. The molecule has 18 heavy (non-hydrogen) atoms. The summed E-state index contributed by atoms with van der Waals surface area (Å²) in [5, 5.41) is 13.9. The van der Waals surface area contributed by atoms with E-state index in [4.69, 9.17) is 23.2 Å². The van der Waals surface area contributed by atoms with Crippen molar-refractivity contribution in [1.82, 2.24) is 20.0 Å². The minimum absolute atomic E-state index is 0.000201. The van der Waals surface area contributed by atoms with Crippen molar-refractivity contribution in [3.8, 4) is 0 Å². The smallest absolute Gasteiger partial charge is 0.259 e. The summed E-state index contributed by atoms with van der Waals surface area (Å²) in [5.74, 6) is -0.410. The average molecular weight is 286 g/mol. The second-order valence-electron chi connectivity index (χ2n) is 3.41. The van der Waals surface area contributed by atoms with Gasteiger partial charge >= 0.3 is 0 Å².